The molecule has 3 heterocycles. The molecular weight excluding hydrogens is 318 g/mol. The fourth-order valence-corrected chi connectivity index (χ4v) is 3.32. The normalized spacial score (nSPS) is 17.6. The van der Waals surface area contributed by atoms with Gasteiger partial charge < -0.3 is 20.2 Å². The predicted molar refractivity (Wildman–Crippen MR) is 95.9 cm³/mol. The first kappa shape index (κ1) is 15.4. The zero-order chi connectivity index (χ0) is 17.2. The van der Waals surface area contributed by atoms with Gasteiger partial charge in [0.25, 0.3) is 11.5 Å². The van der Waals surface area contributed by atoms with Crippen LogP contribution in [-0.2, 0) is 0 Å². The summed E-state index contributed by atoms with van der Waals surface area (Å²) in [4.78, 5) is 36.3. The number of para-hydroxylation sites is 1. The summed E-state index contributed by atoms with van der Waals surface area (Å²) in [6.07, 6.45) is 4.87. The first-order valence-electron chi connectivity index (χ1n) is 8.38. The predicted octanol–water partition coefficient (Wildman–Crippen LogP) is 1.65. The van der Waals surface area contributed by atoms with Crippen LogP contribution in [0.3, 0.4) is 0 Å². The highest BCUT2D eigenvalue weighted by Gasteiger charge is 2.24. The minimum absolute atomic E-state index is 0.0194. The van der Waals surface area contributed by atoms with Crippen molar-refractivity contribution in [1.29, 1.82) is 0 Å². The molecule has 1 aliphatic heterocycles. The van der Waals surface area contributed by atoms with E-state index in [1.165, 1.54) is 6.20 Å². The Morgan fingerprint density at radius 1 is 1.32 bits per heavy atom. The Morgan fingerprint density at radius 3 is 3.04 bits per heavy atom. The fourth-order valence-electron chi connectivity index (χ4n) is 3.32. The van der Waals surface area contributed by atoms with Crippen LogP contribution >= 0.6 is 0 Å². The highest BCUT2D eigenvalue weighted by molar-refractivity contribution is 5.98. The molecule has 1 aliphatic rings. The molecule has 3 aromatic rings. The third-order valence-corrected chi connectivity index (χ3v) is 4.52. The molecule has 4 rings (SSSR count). The SMILES string of the molecule is O=C(N[C@@H]1CCCN(c2ncc[nH]c2=O)C1)c1cc2ccccc2[nH]1. The van der Waals surface area contributed by atoms with Crippen molar-refractivity contribution in [3.05, 3.63) is 58.8 Å². The van der Waals surface area contributed by atoms with Crippen molar-refractivity contribution >= 4 is 22.6 Å². The number of aromatic nitrogens is 3. The lowest BCUT2D eigenvalue weighted by Gasteiger charge is -2.33. The highest BCUT2D eigenvalue weighted by atomic mass is 16.2. The van der Waals surface area contributed by atoms with Gasteiger partial charge in [0, 0.05) is 42.4 Å². The molecule has 25 heavy (non-hydrogen) atoms. The standard InChI is InChI=1S/C18H19N5O2/c24-17(15-10-12-4-1-2-6-14(12)22-15)21-13-5-3-9-23(11-13)16-18(25)20-8-7-19-16/h1-2,4,6-8,10,13,22H,3,5,9,11H2,(H,20,25)(H,21,24)/t13-/m1/s1. The second kappa shape index (κ2) is 6.43. The summed E-state index contributed by atoms with van der Waals surface area (Å²) in [6, 6.07) is 9.63. The van der Waals surface area contributed by atoms with E-state index in [0.717, 1.165) is 30.3 Å². The van der Waals surface area contributed by atoms with E-state index in [1.807, 2.05) is 35.2 Å². The van der Waals surface area contributed by atoms with E-state index in [2.05, 4.69) is 20.3 Å². The molecule has 0 bridgehead atoms. The smallest absolute Gasteiger partial charge is 0.290 e. The molecule has 1 saturated heterocycles. The lowest BCUT2D eigenvalue weighted by molar-refractivity contribution is 0.0929. The van der Waals surface area contributed by atoms with E-state index in [9.17, 15) is 9.59 Å². The first-order valence-corrected chi connectivity index (χ1v) is 8.38. The summed E-state index contributed by atoms with van der Waals surface area (Å²) in [6.45, 7) is 1.34. The fraction of sp³-hybridized carbons (Fsp3) is 0.278. The summed E-state index contributed by atoms with van der Waals surface area (Å²) in [5.74, 6) is 0.282. The quantitative estimate of drug-likeness (QED) is 0.677. The molecule has 3 N–H and O–H groups in total. The summed E-state index contributed by atoms with van der Waals surface area (Å²) in [7, 11) is 0. The molecule has 0 spiro atoms. The monoisotopic (exact) mass is 337 g/mol. The van der Waals surface area contributed by atoms with E-state index in [1.54, 1.807) is 6.20 Å². The Bertz CT molecular complexity index is 928. The molecule has 128 valence electrons. The van der Waals surface area contributed by atoms with Crippen LogP contribution in [0.2, 0.25) is 0 Å². The van der Waals surface area contributed by atoms with Gasteiger partial charge in [0.2, 0.25) is 0 Å². The summed E-state index contributed by atoms with van der Waals surface area (Å²) < 4.78 is 0. The number of nitrogens with zero attached hydrogens (tertiary/aromatic N) is 2. The molecule has 1 amide bonds. The van der Waals surface area contributed by atoms with Crippen LogP contribution in [0.5, 0.6) is 0 Å². The lowest BCUT2D eigenvalue weighted by Crippen LogP contribution is -2.49. The number of fused-ring (bicyclic) bond motifs is 1. The van der Waals surface area contributed by atoms with E-state index in [4.69, 9.17) is 0 Å². The summed E-state index contributed by atoms with van der Waals surface area (Å²) in [5, 5.41) is 4.08. The van der Waals surface area contributed by atoms with Crippen molar-refractivity contribution in [3.8, 4) is 0 Å². The van der Waals surface area contributed by atoms with E-state index >= 15 is 0 Å². The second-order valence-corrected chi connectivity index (χ2v) is 6.27. The van der Waals surface area contributed by atoms with Crippen LogP contribution in [-0.4, -0.2) is 40.0 Å². The maximum atomic E-state index is 12.5. The largest absolute Gasteiger partial charge is 0.351 e. The number of carbonyl (C=O) groups is 1. The number of carbonyl (C=O) groups excluding carboxylic acids is 1. The third-order valence-electron chi connectivity index (χ3n) is 4.52. The first-order chi connectivity index (χ1) is 12.2. The Labute approximate surface area is 144 Å². The number of benzene rings is 1. The number of rotatable bonds is 3. The van der Waals surface area contributed by atoms with Gasteiger partial charge >= 0.3 is 0 Å². The maximum absolute atomic E-state index is 12.5. The van der Waals surface area contributed by atoms with Crippen molar-refractivity contribution < 1.29 is 4.79 Å². The van der Waals surface area contributed by atoms with Crippen molar-refractivity contribution in [2.75, 3.05) is 18.0 Å². The Kier molecular flexibility index (Phi) is 3.97. The van der Waals surface area contributed by atoms with Crippen LogP contribution in [0.15, 0.2) is 47.5 Å². The number of hydrogen-bond donors (Lipinski definition) is 3. The van der Waals surface area contributed by atoms with Gasteiger partial charge in [-0.1, -0.05) is 18.2 Å². The number of H-pyrrole nitrogens is 2. The number of piperidine rings is 1. The molecule has 1 aromatic carbocycles. The second-order valence-electron chi connectivity index (χ2n) is 6.27. The van der Waals surface area contributed by atoms with Gasteiger partial charge in [-0.3, -0.25) is 9.59 Å². The third kappa shape index (κ3) is 3.13. The van der Waals surface area contributed by atoms with Crippen molar-refractivity contribution in [3.63, 3.8) is 0 Å². The molecule has 1 atom stereocenters. The molecule has 7 nitrogen and oxygen atoms in total. The van der Waals surface area contributed by atoms with Crippen LogP contribution in [0.1, 0.15) is 23.3 Å². The van der Waals surface area contributed by atoms with E-state index in [-0.39, 0.29) is 17.5 Å². The van der Waals surface area contributed by atoms with Gasteiger partial charge in [-0.15, -0.1) is 0 Å². The number of anilines is 1. The topological polar surface area (TPSA) is 93.9 Å². The maximum Gasteiger partial charge on any atom is 0.290 e. The van der Waals surface area contributed by atoms with Gasteiger partial charge in [-0.2, -0.15) is 0 Å². The average Bonchev–Trinajstić information content (AvgIpc) is 3.07. The van der Waals surface area contributed by atoms with Crippen LogP contribution < -0.4 is 15.8 Å². The molecule has 0 unspecified atom stereocenters. The van der Waals surface area contributed by atoms with Gasteiger partial charge in [0.05, 0.1) is 0 Å². The van der Waals surface area contributed by atoms with Gasteiger partial charge in [-0.05, 0) is 25.0 Å². The van der Waals surface area contributed by atoms with Crippen molar-refractivity contribution in [2.24, 2.45) is 0 Å². The molecule has 0 radical (unpaired) electrons. The van der Waals surface area contributed by atoms with Crippen LogP contribution in [0, 0.1) is 0 Å². The number of aromatic amines is 2. The molecule has 0 saturated carbocycles. The highest BCUT2D eigenvalue weighted by Crippen LogP contribution is 2.17. The zero-order valence-corrected chi connectivity index (χ0v) is 13.7. The van der Waals surface area contributed by atoms with Gasteiger partial charge in [0.1, 0.15) is 5.69 Å². The van der Waals surface area contributed by atoms with Crippen LogP contribution in [0.4, 0.5) is 5.82 Å². The molecule has 2 aromatic heterocycles. The summed E-state index contributed by atoms with van der Waals surface area (Å²) >= 11 is 0. The lowest BCUT2D eigenvalue weighted by atomic mass is 10.1. The number of nitrogens with one attached hydrogen (secondary N) is 3. The minimum atomic E-state index is -0.204. The molecule has 7 heteroatoms. The number of amides is 1. The van der Waals surface area contributed by atoms with Crippen molar-refractivity contribution in [2.45, 2.75) is 18.9 Å². The van der Waals surface area contributed by atoms with E-state index < -0.39 is 0 Å². The number of hydrogen-bond acceptors (Lipinski definition) is 4. The minimum Gasteiger partial charge on any atom is -0.351 e. The Hall–Kier alpha value is -3.09. The zero-order valence-electron chi connectivity index (χ0n) is 13.7. The molecule has 0 aliphatic carbocycles. The molecule has 1 fully saturated rings. The average molecular weight is 337 g/mol. The van der Waals surface area contributed by atoms with Crippen LogP contribution in [0.25, 0.3) is 10.9 Å². The molecular formula is C18H19N5O2. The Morgan fingerprint density at radius 2 is 2.20 bits per heavy atom. The van der Waals surface area contributed by atoms with Crippen molar-refractivity contribution in [1.82, 2.24) is 20.3 Å². The van der Waals surface area contributed by atoms with Gasteiger partial charge in [0.15, 0.2) is 5.82 Å². The summed E-state index contributed by atoms with van der Waals surface area (Å²) in [5.41, 5.74) is 1.29. The van der Waals surface area contributed by atoms with Gasteiger partial charge in [-0.25, -0.2) is 4.98 Å². The Balaban J connectivity index is 1.47. The van der Waals surface area contributed by atoms with E-state index in [0.29, 0.717) is 18.1 Å².